The normalized spacial score (nSPS) is 15.4. The van der Waals surface area contributed by atoms with E-state index in [-0.39, 0.29) is 17.9 Å². The molecule has 0 aliphatic carbocycles. The Morgan fingerprint density at radius 3 is 2.81 bits per heavy atom. The van der Waals surface area contributed by atoms with Crippen LogP contribution in [0.4, 0.5) is 10.9 Å². The minimum absolute atomic E-state index is 0.0427. The van der Waals surface area contributed by atoms with Crippen molar-refractivity contribution in [1.29, 1.82) is 0 Å². The Morgan fingerprint density at radius 2 is 2.08 bits per heavy atom. The molecule has 2 amide bonds. The lowest BCUT2D eigenvalue weighted by Gasteiger charge is -2.32. The molecule has 4 heterocycles. The number of aromatic amines is 1. The van der Waals surface area contributed by atoms with Crippen molar-refractivity contribution in [3.8, 4) is 11.5 Å². The molecule has 4 aromatic rings. The molecule has 1 aliphatic rings. The smallest absolute Gasteiger partial charge is 0.259 e. The number of aromatic nitrogens is 4. The van der Waals surface area contributed by atoms with E-state index in [1.807, 2.05) is 6.92 Å². The average Bonchev–Trinajstić information content (AvgIpc) is 3.54. The molecule has 0 spiro atoms. The first-order chi connectivity index (χ1) is 17.9. The summed E-state index contributed by atoms with van der Waals surface area (Å²) in [6, 6.07) is 8.79. The summed E-state index contributed by atoms with van der Waals surface area (Å²) in [4.78, 5) is 38.0. The third kappa shape index (κ3) is 5.17. The van der Waals surface area contributed by atoms with Gasteiger partial charge in [-0.05, 0) is 50.1 Å². The maximum absolute atomic E-state index is 12.9. The molecule has 1 saturated heterocycles. The van der Waals surface area contributed by atoms with Crippen molar-refractivity contribution in [2.45, 2.75) is 25.8 Å². The summed E-state index contributed by atoms with van der Waals surface area (Å²) in [7, 11) is 1.71. The van der Waals surface area contributed by atoms with Crippen molar-refractivity contribution in [2.75, 3.05) is 30.4 Å². The largest absolute Gasteiger partial charge is 0.456 e. The topological polar surface area (TPSA) is 116 Å². The molecule has 1 aliphatic heterocycles. The fourth-order valence-electron chi connectivity index (χ4n) is 4.30. The van der Waals surface area contributed by atoms with Gasteiger partial charge in [-0.25, -0.2) is 9.97 Å². The summed E-state index contributed by atoms with van der Waals surface area (Å²) >= 11 is 1.47. The highest BCUT2D eigenvalue weighted by Gasteiger charge is 2.24. The molecule has 0 unspecified atom stereocenters. The summed E-state index contributed by atoms with van der Waals surface area (Å²) in [6.07, 6.45) is 6.55. The molecule has 1 aromatic carbocycles. The quantitative estimate of drug-likeness (QED) is 0.350. The number of piperidine rings is 1. The molecule has 190 valence electrons. The molecule has 11 heteroatoms. The third-order valence-corrected chi connectivity index (χ3v) is 7.19. The lowest BCUT2D eigenvalue weighted by molar-refractivity contribution is -0.127. The summed E-state index contributed by atoms with van der Waals surface area (Å²) in [5.74, 6) is 1.54. The van der Waals surface area contributed by atoms with Gasteiger partial charge in [-0.3, -0.25) is 19.6 Å². The lowest BCUT2D eigenvalue weighted by atomic mass is 10.1. The van der Waals surface area contributed by atoms with Crippen LogP contribution in [0.1, 0.15) is 28.1 Å². The number of nitrogens with one attached hydrogen (secondary N) is 2. The molecule has 0 saturated carbocycles. The number of fused-ring (bicyclic) bond motifs is 1. The van der Waals surface area contributed by atoms with Crippen molar-refractivity contribution in [2.24, 2.45) is 0 Å². The van der Waals surface area contributed by atoms with E-state index in [1.165, 1.54) is 17.4 Å². The van der Waals surface area contributed by atoms with Gasteiger partial charge in [0.1, 0.15) is 16.9 Å². The van der Waals surface area contributed by atoms with Gasteiger partial charge in [0, 0.05) is 55.1 Å². The molecule has 1 atom stereocenters. The van der Waals surface area contributed by atoms with Crippen LogP contribution in [0.25, 0.3) is 11.0 Å². The van der Waals surface area contributed by atoms with E-state index in [2.05, 4.69) is 32.1 Å². The number of hydrogen-bond acceptors (Lipinski definition) is 8. The van der Waals surface area contributed by atoms with Crippen LogP contribution in [0.2, 0.25) is 0 Å². The minimum Gasteiger partial charge on any atom is -0.456 e. The molecule has 10 nitrogen and oxygen atoms in total. The summed E-state index contributed by atoms with van der Waals surface area (Å²) in [5, 5.41) is 12.2. The van der Waals surface area contributed by atoms with Crippen molar-refractivity contribution >= 4 is 45.1 Å². The van der Waals surface area contributed by atoms with Crippen LogP contribution in [-0.4, -0.2) is 63.1 Å². The molecule has 37 heavy (non-hydrogen) atoms. The highest BCUT2D eigenvalue weighted by molar-refractivity contribution is 7.15. The number of rotatable bonds is 7. The third-order valence-electron chi connectivity index (χ3n) is 6.20. The minimum atomic E-state index is -0.148. The van der Waals surface area contributed by atoms with Crippen LogP contribution < -0.4 is 15.0 Å². The van der Waals surface area contributed by atoms with Crippen molar-refractivity contribution in [1.82, 2.24) is 25.1 Å². The number of aryl methyl sites for hydroxylation is 1. The lowest BCUT2D eigenvalue weighted by Crippen LogP contribution is -2.44. The Labute approximate surface area is 218 Å². The van der Waals surface area contributed by atoms with Gasteiger partial charge in [-0.2, -0.15) is 5.10 Å². The second kappa shape index (κ2) is 10.4. The predicted octanol–water partition coefficient (Wildman–Crippen LogP) is 4.38. The van der Waals surface area contributed by atoms with Gasteiger partial charge in [-0.1, -0.05) is 6.58 Å². The van der Waals surface area contributed by atoms with E-state index < -0.39 is 0 Å². The predicted molar refractivity (Wildman–Crippen MR) is 143 cm³/mol. The SMILES string of the molecule is C=CC(=O)N1CCC[C@@H](Nc2n[nH]c3nccc(Oc4ccc(C(=O)N(C)c5ncc(C)s5)cc4)c23)C1. The summed E-state index contributed by atoms with van der Waals surface area (Å²) in [6.45, 7) is 6.83. The fourth-order valence-corrected chi connectivity index (χ4v) is 5.02. The molecule has 5 rings (SSSR count). The van der Waals surface area contributed by atoms with Crippen LogP contribution in [0, 0.1) is 6.92 Å². The van der Waals surface area contributed by atoms with Crippen LogP contribution in [0.3, 0.4) is 0 Å². The van der Waals surface area contributed by atoms with Gasteiger partial charge >= 0.3 is 0 Å². The Bertz CT molecular complexity index is 1450. The zero-order valence-corrected chi connectivity index (χ0v) is 21.4. The number of carbonyl (C=O) groups excluding carboxylic acids is 2. The Morgan fingerprint density at radius 1 is 1.27 bits per heavy atom. The van der Waals surface area contributed by atoms with Crippen LogP contribution in [0.15, 0.2) is 55.4 Å². The number of anilines is 2. The maximum atomic E-state index is 12.9. The molecule has 0 radical (unpaired) electrons. The van der Waals surface area contributed by atoms with E-state index in [0.717, 1.165) is 24.3 Å². The van der Waals surface area contributed by atoms with E-state index >= 15 is 0 Å². The van der Waals surface area contributed by atoms with Gasteiger partial charge in [0.25, 0.3) is 5.91 Å². The van der Waals surface area contributed by atoms with Crippen LogP contribution >= 0.6 is 11.3 Å². The van der Waals surface area contributed by atoms with E-state index in [0.29, 0.717) is 45.6 Å². The van der Waals surface area contributed by atoms with Gasteiger partial charge < -0.3 is 15.0 Å². The first kappa shape index (κ1) is 24.4. The molecule has 3 aromatic heterocycles. The summed E-state index contributed by atoms with van der Waals surface area (Å²) < 4.78 is 6.19. The Hall–Kier alpha value is -4.25. The number of pyridine rings is 1. The molecule has 1 fully saturated rings. The number of carbonyl (C=O) groups is 2. The van der Waals surface area contributed by atoms with Crippen molar-refractivity contribution < 1.29 is 14.3 Å². The van der Waals surface area contributed by atoms with E-state index in [4.69, 9.17) is 4.74 Å². The molecule has 0 bridgehead atoms. The number of amides is 2. The van der Waals surface area contributed by atoms with E-state index in [1.54, 1.807) is 59.6 Å². The zero-order chi connectivity index (χ0) is 25.9. The summed E-state index contributed by atoms with van der Waals surface area (Å²) in [5.41, 5.74) is 1.12. The molecule has 2 N–H and O–H groups in total. The first-order valence-corrected chi connectivity index (χ1v) is 12.7. The van der Waals surface area contributed by atoms with Gasteiger partial charge in [0.2, 0.25) is 5.91 Å². The van der Waals surface area contributed by atoms with Crippen LogP contribution in [0.5, 0.6) is 11.5 Å². The number of hydrogen-bond donors (Lipinski definition) is 2. The number of benzene rings is 1. The Balaban J connectivity index is 1.32. The van der Waals surface area contributed by atoms with Crippen molar-refractivity contribution in [3.05, 3.63) is 65.8 Å². The first-order valence-electron chi connectivity index (χ1n) is 11.9. The number of ether oxygens (including phenoxy) is 1. The van der Waals surface area contributed by atoms with Crippen molar-refractivity contribution in [3.63, 3.8) is 0 Å². The van der Waals surface area contributed by atoms with Gasteiger partial charge in [0.15, 0.2) is 16.6 Å². The highest BCUT2D eigenvalue weighted by atomic mass is 32.1. The van der Waals surface area contributed by atoms with Crippen LogP contribution in [-0.2, 0) is 4.79 Å². The van der Waals surface area contributed by atoms with Gasteiger partial charge in [0.05, 0.1) is 0 Å². The van der Waals surface area contributed by atoms with E-state index in [9.17, 15) is 9.59 Å². The number of thiazole rings is 1. The van der Waals surface area contributed by atoms with Gasteiger partial charge in [-0.15, -0.1) is 11.3 Å². The fraction of sp³-hybridized carbons (Fsp3) is 0.269. The zero-order valence-electron chi connectivity index (χ0n) is 20.6. The number of H-pyrrole nitrogens is 1. The number of likely N-dealkylation sites (tertiary alicyclic amines) is 1. The second-order valence-corrected chi connectivity index (χ2v) is 10.0. The monoisotopic (exact) mass is 517 g/mol. The maximum Gasteiger partial charge on any atom is 0.259 e. The average molecular weight is 518 g/mol. The number of nitrogens with zero attached hydrogens (tertiary/aromatic N) is 5. The molecular formula is C26H27N7O3S. The highest BCUT2D eigenvalue weighted by Crippen LogP contribution is 2.34. The molecular weight excluding hydrogens is 490 g/mol. The standard InChI is InChI=1S/C26H27N7O3S/c1-4-21(34)33-13-5-6-18(15-33)29-24-22-20(11-12-27-23(22)30-31-24)36-19-9-7-17(8-10-19)25(35)32(3)26-28-14-16(2)37-26/h4,7-12,14,18H,1,5-6,13,15H2,2-3H3,(H2,27,29,30,31)/t18-/m1/s1. The second-order valence-electron chi connectivity index (χ2n) is 8.82. The Kier molecular flexibility index (Phi) is 6.87.